The molecule has 0 saturated carbocycles. The maximum absolute atomic E-state index is 11.0. The third kappa shape index (κ3) is 3.09. The summed E-state index contributed by atoms with van der Waals surface area (Å²) in [7, 11) is 0. The Hall–Kier alpha value is -2.06. The van der Waals surface area contributed by atoms with Crippen molar-refractivity contribution in [2.45, 2.75) is 13.5 Å². The minimum absolute atomic E-state index is 0.0178. The van der Waals surface area contributed by atoms with Crippen molar-refractivity contribution in [1.82, 2.24) is 9.97 Å². The molecule has 1 N–H and O–H groups in total. The summed E-state index contributed by atoms with van der Waals surface area (Å²) in [5.41, 5.74) is 0.937. The molecule has 0 aliphatic rings. The van der Waals surface area contributed by atoms with E-state index in [1.54, 1.807) is 13.0 Å². The van der Waals surface area contributed by atoms with E-state index in [1.807, 2.05) is 0 Å². The fraction of sp³-hybridized carbons (Fsp3) is 0.167. The Balaban J connectivity index is 2.39. The van der Waals surface area contributed by atoms with E-state index in [0.717, 1.165) is 0 Å². The molecule has 7 nitrogen and oxygen atoms in total. The van der Waals surface area contributed by atoms with Gasteiger partial charge in [0.05, 0.1) is 11.5 Å². The molecule has 1 heterocycles. The Morgan fingerprint density at radius 1 is 1.40 bits per heavy atom. The zero-order chi connectivity index (χ0) is 14.7. The highest BCUT2D eigenvalue weighted by molar-refractivity contribution is 9.10. The van der Waals surface area contributed by atoms with Crippen molar-refractivity contribution in [3.8, 4) is 11.8 Å². The van der Waals surface area contributed by atoms with Gasteiger partial charge >= 0.3 is 11.7 Å². The summed E-state index contributed by atoms with van der Waals surface area (Å²) in [6.07, 6.45) is 2.78. The summed E-state index contributed by atoms with van der Waals surface area (Å²) in [5.74, 6) is 0.0925. The number of halogens is 1. The number of hydrogen-bond donors (Lipinski definition) is 1. The molecule has 0 bridgehead atoms. The van der Waals surface area contributed by atoms with Crippen LogP contribution in [0, 0.1) is 17.0 Å². The topological polar surface area (TPSA) is 98.4 Å². The molecule has 0 radical (unpaired) electrons. The van der Waals surface area contributed by atoms with Crippen LogP contribution >= 0.6 is 15.9 Å². The Labute approximate surface area is 122 Å². The van der Waals surface area contributed by atoms with Gasteiger partial charge in [0.15, 0.2) is 0 Å². The summed E-state index contributed by atoms with van der Waals surface area (Å²) >= 11 is 3.20. The number of rotatable bonds is 4. The molecule has 0 amide bonds. The number of nitro benzene ring substituents is 1. The fourth-order valence-electron chi connectivity index (χ4n) is 1.55. The zero-order valence-electron chi connectivity index (χ0n) is 10.4. The molecule has 1 aromatic heterocycles. The van der Waals surface area contributed by atoms with E-state index in [1.165, 1.54) is 18.5 Å². The van der Waals surface area contributed by atoms with Gasteiger partial charge in [-0.1, -0.05) is 15.9 Å². The molecule has 1 aromatic carbocycles. The smallest absolute Gasteiger partial charge is 0.322 e. The molecule has 2 rings (SSSR count). The predicted molar refractivity (Wildman–Crippen MR) is 73.6 cm³/mol. The SMILES string of the molecule is Cc1cc(Br)cc([N+](=O)[O-])c1Oc1ncc(CO)cn1. The first-order chi connectivity index (χ1) is 9.51. The molecule has 104 valence electrons. The van der Waals surface area contributed by atoms with Gasteiger partial charge in [0, 0.05) is 34.1 Å². The first kappa shape index (κ1) is 14.4. The average Bonchev–Trinajstić information content (AvgIpc) is 2.42. The van der Waals surface area contributed by atoms with Gasteiger partial charge in [0.2, 0.25) is 5.75 Å². The first-order valence-corrected chi connectivity index (χ1v) is 6.34. The second-order valence-corrected chi connectivity index (χ2v) is 4.88. The van der Waals surface area contributed by atoms with Crippen LogP contribution in [0.25, 0.3) is 0 Å². The Kier molecular flexibility index (Phi) is 4.26. The minimum Gasteiger partial charge on any atom is -0.417 e. The van der Waals surface area contributed by atoms with Crippen molar-refractivity contribution in [3.05, 3.63) is 50.2 Å². The van der Waals surface area contributed by atoms with E-state index in [4.69, 9.17) is 9.84 Å². The monoisotopic (exact) mass is 339 g/mol. The molecule has 0 atom stereocenters. The van der Waals surface area contributed by atoms with E-state index in [-0.39, 0.29) is 24.1 Å². The van der Waals surface area contributed by atoms with Crippen LogP contribution in [0.15, 0.2) is 29.0 Å². The standard InChI is InChI=1S/C12H10BrN3O4/c1-7-2-9(13)3-10(16(18)19)11(7)20-12-14-4-8(6-17)5-15-12/h2-5,17H,6H2,1H3. The maximum Gasteiger partial charge on any atom is 0.322 e. The highest BCUT2D eigenvalue weighted by Gasteiger charge is 2.20. The number of nitrogens with zero attached hydrogens (tertiary/aromatic N) is 3. The number of aliphatic hydroxyl groups is 1. The molecule has 2 aromatic rings. The van der Waals surface area contributed by atoms with Crippen LogP contribution in [0.3, 0.4) is 0 Å². The van der Waals surface area contributed by atoms with Gasteiger partial charge in [0.25, 0.3) is 0 Å². The number of benzene rings is 1. The van der Waals surface area contributed by atoms with E-state index < -0.39 is 4.92 Å². The van der Waals surface area contributed by atoms with Crippen LogP contribution in [0.2, 0.25) is 0 Å². The summed E-state index contributed by atoms with van der Waals surface area (Å²) in [5, 5.41) is 19.9. The van der Waals surface area contributed by atoms with Gasteiger partial charge in [-0.15, -0.1) is 0 Å². The molecular formula is C12H10BrN3O4. The number of aromatic nitrogens is 2. The quantitative estimate of drug-likeness (QED) is 0.679. The van der Waals surface area contributed by atoms with Gasteiger partial charge < -0.3 is 9.84 Å². The molecule has 0 saturated heterocycles. The lowest BCUT2D eigenvalue weighted by atomic mass is 10.2. The lowest BCUT2D eigenvalue weighted by Crippen LogP contribution is -1.99. The van der Waals surface area contributed by atoms with E-state index in [9.17, 15) is 10.1 Å². The van der Waals surface area contributed by atoms with Crippen LogP contribution in [-0.4, -0.2) is 20.0 Å². The number of ether oxygens (including phenoxy) is 1. The van der Waals surface area contributed by atoms with Crippen LogP contribution < -0.4 is 4.74 Å². The second-order valence-electron chi connectivity index (χ2n) is 3.96. The van der Waals surface area contributed by atoms with Crippen LogP contribution in [0.1, 0.15) is 11.1 Å². The van der Waals surface area contributed by atoms with E-state index >= 15 is 0 Å². The number of aliphatic hydroxyl groups excluding tert-OH is 1. The summed E-state index contributed by atoms with van der Waals surface area (Å²) < 4.78 is 5.98. The molecule has 20 heavy (non-hydrogen) atoms. The van der Waals surface area contributed by atoms with E-state index in [0.29, 0.717) is 15.6 Å². The third-order valence-electron chi connectivity index (χ3n) is 2.47. The molecule has 0 aliphatic carbocycles. The maximum atomic E-state index is 11.0. The van der Waals surface area contributed by atoms with Crippen LogP contribution in [0.5, 0.6) is 11.8 Å². The summed E-state index contributed by atoms with van der Waals surface area (Å²) in [6.45, 7) is 1.51. The fourth-order valence-corrected chi connectivity index (χ4v) is 2.11. The highest BCUT2D eigenvalue weighted by Crippen LogP contribution is 2.36. The largest absolute Gasteiger partial charge is 0.417 e. The lowest BCUT2D eigenvalue weighted by Gasteiger charge is -2.08. The molecule has 0 spiro atoms. The van der Waals surface area contributed by atoms with Crippen molar-refractivity contribution in [1.29, 1.82) is 0 Å². The van der Waals surface area contributed by atoms with Gasteiger partial charge in [-0.05, 0) is 13.0 Å². The van der Waals surface area contributed by atoms with Crippen molar-refractivity contribution < 1.29 is 14.8 Å². The summed E-state index contributed by atoms with van der Waals surface area (Å²) in [6, 6.07) is 3.03. The van der Waals surface area contributed by atoms with E-state index in [2.05, 4.69) is 25.9 Å². The summed E-state index contributed by atoms with van der Waals surface area (Å²) in [4.78, 5) is 18.3. The zero-order valence-corrected chi connectivity index (χ0v) is 12.0. The third-order valence-corrected chi connectivity index (χ3v) is 2.93. The van der Waals surface area contributed by atoms with Gasteiger partial charge in [0.1, 0.15) is 0 Å². The molecule has 8 heteroatoms. The lowest BCUT2D eigenvalue weighted by molar-refractivity contribution is -0.385. The Morgan fingerprint density at radius 2 is 2.05 bits per heavy atom. The normalized spacial score (nSPS) is 10.3. The Morgan fingerprint density at radius 3 is 2.60 bits per heavy atom. The van der Waals surface area contributed by atoms with Crippen LogP contribution in [-0.2, 0) is 6.61 Å². The van der Waals surface area contributed by atoms with Crippen molar-refractivity contribution in [2.75, 3.05) is 0 Å². The van der Waals surface area contributed by atoms with Crippen molar-refractivity contribution >= 4 is 21.6 Å². The molecule has 0 aliphatic heterocycles. The van der Waals surface area contributed by atoms with Crippen molar-refractivity contribution in [3.63, 3.8) is 0 Å². The minimum atomic E-state index is -0.533. The highest BCUT2D eigenvalue weighted by atomic mass is 79.9. The number of nitro groups is 1. The second kappa shape index (κ2) is 5.93. The molecule has 0 unspecified atom stereocenters. The number of aryl methyl sites for hydroxylation is 1. The van der Waals surface area contributed by atoms with Gasteiger partial charge in [-0.2, -0.15) is 0 Å². The first-order valence-electron chi connectivity index (χ1n) is 5.55. The van der Waals surface area contributed by atoms with Crippen molar-refractivity contribution in [2.24, 2.45) is 0 Å². The Bertz CT molecular complexity index is 646. The van der Waals surface area contributed by atoms with Gasteiger partial charge in [-0.25, -0.2) is 9.97 Å². The molecular weight excluding hydrogens is 330 g/mol. The average molecular weight is 340 g/mol. The number of hydrogen-bond acceptors (Lipinski definition) is 6. The predicted octanol–water partition coefficient (Wildman–Crippen LogP) is 2.74. The van der Waals surface area contributed by atoms with Gasteiger partial charge in [-0.3, -0.25) is 10.1 Å². The molecule has 0 fully saturated rings. The van der Waals surface area contributed by atoms with Crippen LogP contribution in [0.4, 0.5) is 5.69 Å².